The molecular formula is C13H18O2. The van der Waals surface area contributed by atoms with E-state index in [4.69, 9.17) is 4.74 Å². The quantitative estimate of drug-likeness (QED) is 0.819. The Balaban J connectivity index is 2.05. The average Bonchev–Trinajstić information content (AvgIpc) is 2.89. The standard InChI is InChI=1S/C13H18O2/c1-3-11-9-13(11,14)8-10-5-4-6-12(7-10)15-2/h4-7,11,14H,3,8-9H2,1-2H3. The lowest BCUT2D eigenvalue weighted by atomic mass is 10.0. The first-order chi connectivity index (χ1) is 7.18. The van der Waals surface area contributed by atoms with E-state index in [1.54, 1.807) is 7.11 Å². The normalized spacial score (nSPS) is 28.9. The van der Waals surface area contributed by atoms with Gasteiger partial charge in [0.15, 0.2) is 0 Å². The minimum absolute atomic E-state index is 0.443. The van der Waals surface area contributed by atoms with Gasteiger partial charge in [0.2, 0.25) is 0 Å². The van der Waals surface area contributed by atoms with Crippen LogP contribution in [0.15, 0.2) is 24.3 Å². The first kappa shape index (κ1) is 10.5. The summed E-state index contributed by atoms with van der Waals surface area (Å²) in [6, 6.07) is 7.95. The summed E-state index contributed by atoms with van der Waals surface area (Å²) in [6.07, 6.45) is 2.77. The third kappa shape index (κ3) is 2.15. The highest BCUT2D eigenvalue weighted by Crippen LogP contribution is 2.47. The second-order valence-electron chi connectivity index (χ2n) is 4.44. The topological polar surface area (TPSA) is 29.5 Å². The minimum atomic E-state index is -0.443. The molecule has 2 rings (SSSR count). The van der Waals surface area contributed by atoms with Gasteiger partial charge in [-0.1, -0.05) is 25.5 Å². The zero-order chi connectivity index (χ0) is 10.9. The second-order valence-corrected chi connectivity index (χ2v) is 4.44. The van der Waals surface area contributed by atoms with E-state index in [0.29, 0.717) is 5.92 Å². The summed E-state index contributed by atoms with van der Waals surface area (Å²) in [6.45, 7) is 2.13. The summed E-state index contributed by atoms with van der Waals surface area (Å²) in [7, 11) is 1.67. The number of rotatable bonds is 4. The van der Waals surface area contributed by atoms with Gasteiger partial charge in [-0.15, -0.1) is 0 Å². The lowest BCUT2D eigenvalue weighted by Gasteiger charge is -2.10. The molecule has 0 aliphatic heterocycles. The zero-order valence-electron chi connectivity index (χ0n) is 9.36. The summed E-state index contributed by atoms with van der Waals surface area (Å²) in [5.74, 6) is 1.36. The molecule has 1 aromatic carbocycles. The van der Waals surface area contributed by atoms with Crippen LogP contribution < -0.4 is 4.74 Å². The molecule has 15 heavy (non-hydrogen) atoms. The van der Waals surface area contributed by atoms with Crippen LogP contribution in [0.5, 0.6) is 5.75 Å². The average molecular weight is 206 g/mol. The van der Waals surface area contributed by atoms with Gasteiger partial charge < -0.3 is 9.84 Å². The van der Waals surface area contributed by atoms with Gasteiger partial charge in [0.1, 0.15) is 5.75 Å². The Hall–Kier alpha value is -1.02. The number of ether oxygens (including phenoxy) is 1. The van der Waals surface area contributed by atoms with E-state index < -0.39 is 5.60 Å². The number of aliphatic hydroxyl groups is 1. The van der Waals surface area contributed by atoms with Crippen molar-refractivity contribution in [3.8, 4) is 5.75 Å². The molecule has 0 heterocycles. The number of methoxy groups -OCH3 is 1. The van der Waals surface area contributed by atoms with Gasteiger partial charge in [-0.3, -0.25) is 0 Å². The lowest BCUT2D eigenvalue weighted by molar-refractivity contribution is 0.130. The third-order valence-electron chi connectivity index (χ3n) is 3.34. The fourth-order valence-corrected chi connectivity index (χ4v) is 2.24. The van der Waals surface area contributed by atoms with Gasteiger partial charge in [-0.25, -0.2) is 0 Å². The second kappa shape index (κ2) is 3.86. The molecule has 1 N–H and O–H groups in total. The van der Waals surface area contributed by atoms with Crippen molar-refractivity contribution in [2.24, 2.45) is 5.92 Å². The molecule has 1 aromatic rings. The van der Waals surface area contributed by atoms with Crippen molar-refractivity contribution in [3.63, 3.8) is 0 Å². The Morgan fingerprint density at radius 3 is 2.93 bits per heavy atom. The SMILES string of the molecule is CCC1CC1(O)Cc1cccc(OC)c1. The van der Waals surface area contributed by atoms with Crippen LogP contribution in [0.1, 0.15) is 25.3 Å². The Labute approximate surface area is 90.9 Å². The molecule has 1 aliphatic rings. The first-order valence-corrected chi connectivity index (χ1v) is 5.53. The van der Waals surface area contributed by atoms with E-state index in [0.717, 1.165) is 30.6 Å². The van der Waals surface area contributed by atoms with Gasteiger partial charge >= 0.3 is 0 Å². The van der Waals surface area contributed by atoms with Crippen molar-refractivity contribution in [1.29, 1.82) is 0 Å². The van der Waals surface area contributed by atoms with Gasteiger partial charge in [-0.2, -0.15) is 0 Å². The molecule has 0 aromatic heterocycles. The van der Waals surface area contributed by atoms with Crippen LogP contribution in [0.3, 0.4) is 0 Å². The zero-order valence-corrected chi connectivity index (χ0v) is 9.36. The van der Waals surface area contributed by atoms with Crippen LogP contribution in [0.2, 0.25) is 0 Å². The Morgan fingerprint density at radius 1 is 1.53 bits per heavy atom. The maximum Gasteiger partial charge on any atom is 0.119 e. The van der Waals surface area contributed by atoms with Gasteiger partial charge in [0.05, 0.1) is 12.7 Å². The molecule has 2 unspecified atom stereocenters. The Kier molecular flexibility index (Phi) is 2.70. The van der Waals surface area contributed by atoms with Crippen molar-refractivity contribution in [2.75, 3.05) is 7.11 Å². The summed E-state index contributed by atoms with van der Waals surface area (Å²) < 4.78 is 5.16. The van der Waals surface area contributed by atoms with Crippen molar-refractivity contribution in [1.82, 2.24) is 0 Å². The van der Waals surface area contributed by atoms with Crippen molar-refractivity contribution in [2.45, 2.75) is 31.8 Å². The maximum absolute atomic E-state index is 10.2. The molecule has 0 bridgehead atoms. The van der Waals surface area contributed by atoms with Crippen LogP contribution in [0, 0.1) is 5.92 Å². The van der Waals surface area contributed by atoms with E-state index in [9.17, 15) is 5.11 Å². The third-order valence-corrected chi connectivity index (χ3v) is 3.34. The highest BCUT2D eigenvalue weighted by Gasteiger charge is 2.51. The molecule has 2 heteroatoms. The van der Waals surface area contributed by atoms with Crippen LogP contribution >= 0.6 is 0 Å². The molecule has 82 valence electrons. The predicted octanol–water partition coefficient (Wildman–Crippen LogP) is 2.40. The maximum atomic E-state index is 10.2. The number of benzene rings is 1. The van der Waals surface area contributed by atoms with Crippen LogP contribution in [-0.4, -0.2) is 17.8 Å². The van der Waals surface area contributed by atoms with Crippen molar-refractivity contribution < 1.29 is 9.84 Å². The van der Waals surface area contributed by atoms with Crippen LogP contribution in [0.25, 0.3) is 0 Å². The Morgan fingerprint density at radius 2 is 2.33 bits per heavy atom. The predicted molar refractivity (Wildman–Crippen MR) is 60.0 cm³/mol. The monoisotopic (exact) mass is 206 g/mol. The molecule has 1 aliphatic carbocycles. The van der Waals surface area contributed by atoms with E-state index in [-0.39, 0.29) is 0 Å². The van der Waals surface area contributed by atoms with Gasteiger partial charge in [0.25, 0.3) is 0 Å². The fraction of sp³-hybridized carbons (Fsp3) is 0.538. The first-order valence-electron chi connectivity index (χ1n) is 5.53. The fourth-order valence-electron chi connectivity index (χ4n) is 2.24. The summed E-state index contributed by atoms with van der Waals surface area (Å²) in [5.41, 5.74) is 0.717. The van der Waals surface area contributed by atoms with Crippen LogP contribution in [0.4, 0.5) is 0 Å². The van der Waals surface area contributed by atoms with E-state index in [1.807, 2.05) is 24.3 Å². The molecule has 0 saturated heterocycles. The number of hydrogen-bond donors (Lipinski definition) is 1. The largest absolute Gasteiger partial charge is 0.497 e. The van der Waals surface area contributed by atoms with Crippen molar-refractivity contribution in [3.05, 3.63) is 29.8 Å². The molecular weight excluding hydrogens is 188 g/mol. The summed E-state index contributed by atoms with van der Waals surface area (Å²) in [5, 5.41) is 10.2. The highest BCUT2D eigenvalue weighted by molar-refractivity contribution is 5.30. The Bertz CT molecular complexity index is 348. The number of hydrogen-bond acceptors (Lipinski definition) is 2. The van der Waals surface area contributed by atoms with Gasteiger partial charge in [0, 0.05) is 6.42 Å². The minimum Gasteiger partial charge on any atom is -0.497 e. The summed E-state index contributed by atoms with van der Waals surface area (Å²) in [4.78, 5) is 0. The molecule has 1 saturated carbocycles. The molecule has 0 amide bonds. The molecule has 0 radical (unpaired) electrons. The lowest BCUT2D eigenvalue weighted by Crippen LogP contribution is -2.14. The molecule has 0 spiro atoms. The van der Waals surface area contributed by atoms with Gasteiger partial charge in [-0.05, 0) is 30.0 Å². The van der Waals surface area contributed by atoms with E-state index in [1.165, 1.54) is 0 Å². The van der Waals surface area contributed by atoms with E-state index in [2.05, 4.69) is 6.92 Å². The van der Waals surface area contributed by atoms with E-state index >= 15 is 0 Å². The molecule has 2 atom stereocenters. The molecule has 1 fully saturated rings. The highest BCUT2D eigenvalue weighted by atomic mass is 16.5. The molecule has 2 nitrogen and oxygen atoms in total. The van der Waals surface area contributed by atoms with Crippen molar-refractivity contribution >= 4 is 0 Å². The van der Waals surface area contributed by atoms with Crippen LogP contribution in [-0.2, 0) is 6.42 Å². The smallest absolute Gasteiger partial charge is 0.119 e. The summed E-state index contributed by atoms with van der Waals surface area (Å²) >= 11 is 0.